The monoisotopic (exact) mass is 500 g/mol. The fourth-order valence-corrected chi connectivity index (χ4v) is 6.11. The Balaban J connectivity index is 1.22. The summed E-state index contributed by atoms with van der Waals surface area (Å²) in [5.74, 6) is 0.475. The zero-order valence-corrected chi connectivity index (χ0v) is 20.3. The third-order valence-corrected chi connectivity index (χ3v) is 7.83. The zero-order chi connectivity index (χ0) is 24.6. The molecule has 2 aliphatic rings. The molecule has 0 radical (unpaired) electrons. The van der Waals surface area contributed by atoms with E-state index in [2.05, 4.69) is 20.4 Å². The Morgan fingerprint density at radius 2 is 1.89 bits per heavy atom. The van der Waals surface area contributed by atoms with Gasteiger partial charge in [-0.25, -0.2) is 9.67 Å². The number of carbonyl (C=O) groups excluding carboxylic acids is 1. The lowest BCUT2D eigenvalue weighted by Gasteiger charge is -2.15. The van der Waals surface area contributed by atoms with E-state index in [4.69, 9.17) is 0 Å². The van der Waals surface area contributed by atoms with Gasteiger partial charge in [-0.3, -0.25) is 23.9 Å². The molecule has 0 saturated heterocycles. The summed E-state index contributed by atoms with van der Waals surface area (Å²) in [6, 6.07) is 12.6. The number of nitrogens with zero attached hydrogens (tertiary/aromatic N) is 5. The van der Waals surface area contributed by atoms with Gasteiger partial charge in [0.05, 0.1) is 41.6 Å². The Hall–Kier alpha value is -3.79. The molecule has 4 heterocycles. The fraction of sp³-hybridized carbons (Fsp3) is 0.308. The number of amides is 1. The summed E-state index contributed by atoms with van der Waals surface area (Å²) in [7, 11) is 0. The van der Waals surface area contributed by atoms with Crippen molar-refractivity contribution in [1.29, 1.82) is 0 Å². The van der Waals surface area contributed by atoms with Crippen molar-refractivity contribution >= 4 is 28.4 Å². The molecule has 10 heteroatoms. The molecule has 1 atom stereocenters. The van der Waals surface area contributed by atoms with Gasteiger partial charge in [-0.1, -0.05) is 36.0 Å². The summed E-state index contributed by atoms with van der Waals surface area (Å²) in [5, 5.41) is 9.49. The second-order valence-corrected chi connectivity index (χ2v) is 10.1. The highest BCUT2D eigenvalue weighted by atomic mass is 32.2. The highest BCUT2D eigenvalue weighted by Crippen LogP contribution is 2.33. The van der Waals surface area contributed by atoms with E-state index >= 15 is 0 Å². The lowest BCUT2D eigenvalue weighted by atomic mass is 10.1. The van der Waals surface area contributed by atoms with Crippen LogP contribution in [0.5, 0.6) is 0 Å². The van der Waals surface area contributed by atoms with Gasteiger partial charge in [-0.05, 0) is 37.5 Å². The van der Waals surface area contributed by atoms with Crippen LogP contribution in [0.1, 0.15) is 41.5 Å². The average Bonchev–Trinajstić information content (AvgIpc) is 3.53. The molecule has 1 amide bonds. The molecule has 6 rings (SSSR count). The van der Waals surface area contributed by atoms with Crippen LogP contribution in [0.15, 0.2) is 63.4 Å². The summed E-state index contributed by atoms with van der Waals surface area (Å²) in [6.07, 6.45) is 4.44. The maximum atomic E-state index is 13.0. The van der Waals surface area contributed by atoms with Gasteiger partial charge in [0.15, 0.2) is 5.16 Å². The maximum absolute atomic E-state index is 13.0. The van der Waals surface area contributed by atoms with Crippen LogP contribution in [0.2, 0.25) is 0 Å². The summed E-state index contributed by atoms with van der Waals surface area (Å²) in [6.45, 7) is 0.410. The second kappa shape index (κ2) is 9.34. The number of fused-ring (bicyclic) bond motifs is 3. The number of nitrogens with one attached hydrogen (secondary N) is 1. The van der Waals surface area contributed by atoms with Crippen molar-refractivity contribution in [1.82, 2.24) is 29.6 Å². The van der Waals surface area contributed by atoms with Gasteiger partial charge in [-0.2, -0.15) is 5.10 Å². The number of carbonyl (C=O) groups is 1. The van der Waals surface area contributed by atoms with Crippen LogP contribution in [-0.2, 0) is 30.7 Å². The van der Waals surface area contributed by atoms with Crippen molar-refractivity contribution in [2.45, 2.75) is 50.0 Å². The van der Waals surface area contributed by atoms with E-state index in [-0.39, 0.29) is 42.6 Å². The first kappa shape index (κ1) is 22.7. The molecule has 182 valence electrons. The predicted octanol–water partition coefficient (Wildman–Crippen LogP) is 2.24. The van der Waals surface area contributed by atoms with Gasteiger partial charge in [-0.15, -0.1) is 0 Å². The number of benzene rings is 1. The SMILES string of the molecule is O=C(CC1CSc2nc3c(c(=O)n21)CCC3)NCc1nn(Cc2ccccn2)c(=O)c2ccccc12. The Labute approximate surface area is 210 Å². The van der Waals surface area contributed by atoms with Crippen LogP contribution < -0.4 is 16.4 Å². The van der Waals surface area contributed by atoms with E-state index in [1.54, 1.807) is 16.8 Å². The Bertz CT molecular complexity index is 1600. The topological polar surface area (TPSA) is 112 Å². The fourth-order valence-electron chi connectivity index (χ4n) is 4.96. The summed E-state index contributed by atoms with van der Waals surface area (Å²) < 4.78 is 3.09. The number of hydrogen-bond acceptors (Lipinski definition) is 7. The normalized spacial score (nSPS) is 16.2. The Morgan fingerprint density at radius 3 is 2.72 bits per heavy atom. The Morgan fingerprint density at radius 1 is 1.06 bits per heavy atom. The molecule has 1 aromatic carbocycles. The largest absolute Gasteiger partial charge is 0.350 e. The molecule has 3 aromatic heterocycles. The Kier molecular flexibility index (Phi) is 5.88. The van der Waals surface area contributed by atoms with E-state index in [0.29, 0.717) is 27.4 Å². The van der Waals surface area contributed by atoms with Crippen LogP contribution >= 0.6 is 11.8 Å². The third kappa shape index (κ3) is 4.11. The molecule has 0 spiro atoms. The molecular weight excluding hydrogens is 476 g/mol. The molecule has 0 fully saturated rings. The van der Waals surface area contributed by atoms with Crippen LogP contribution in [0.25, 0.3) is 10.8 Å². The first-order valence-corrected chi connectivity index (χ1v) is 13.0. The van der Waals surface area contributed by atoms with Crippen LogP contribution in [-0.4, -0.2) is 36.0 Å². The van der Waals surface area contributed by atoms with Crippen molar-refractivity contribution in [3.05, 3.63) is 92.0 Å². The highest BCUT2D eigenvalue weighted by molar-refractivity contribution is 7.99. The predicted molar refractivity (Wildman–Crippen MR) is 136 cm³/mol. The zero-order valence-electron chi connectivity index (χ0n) is 19.5. The van der Waals surface area contributed by atoms with E-state index in [9.17, 15) is 14.4 Å². The average molecular weight is 501 g/mol. The molecule has 1 aliphatic carbocycles. The van der Waals surface area contributed by atoms with Gasteiger partial charge in [0, 0.05) is 29.3 Å². The number of hydrogen-bond donors (Lipinski definition) is 1. The van der Waals surface area contributed by atoms with Crippen LogP contribution in [0.3, 0.4) is 0 Å². The van der Waals surface area contributed by atoms with Crippen molar-refractivity contribution in [2.24, 2.45) is 0 Å². The van der Waals surface area contributed by atoms with Gasteiger partial charge in [0.25, 0.3) is 11.1 Å². The van der Waals surface area contributed by atoms with Crippen molar-refractivity contribution in [3.63, 3.8) is 0 Å². The standard InChI is InChI=1S/C26H24N6O3S/c33-23(12-17-15-36-26-29-21-10-5-9-20(21)25(35)32(17)26)28-13-22-18-7-1-2-8-19(18)24(34)31(30-22)14-16-6-3-4-11-27-16/h1-4,6-8,11,17H,5,9-10,12-15H2,(H,28,33). The second-order valence-electron chi connectivity index (χ2n) is 9.07. The molecule has 4 aromatic rings. The maximum Gasteiger partial charge on any atom is 0.275 e. The minimum Gasteiger partial charge on any atom is -0.350 e. The summed E-state index contributed by atoms with van der Waals surface area (Å²) in [5.41, 5.74) is 2.85. The molecule has 0 saturated carbocycles. The van der Waals surface area contributed by atoms with Gasteiger partial charge < -0.3 is 5.32 Å². The number of pyridine rings is 1. The molecule has 1 aliphatic heterocycles. The van der Waals surface area contributed by atoms with E-state index in [1.807, 2.05) is 36.4 Å². The molecule has 0 bridgehead atoms. The number of rotatable bonds is 6. The third-order valence-electron chi connectivity index (χ3n) is 6.73. The van der Waals surface area contributed by atoms with Gasteiger partial charge in [0.2, 0.25) is 5.91 Å². The lowest BCUT2D eigenvalue weighted by molar-refractivity contribution is -0.121. The molecule has 9 nitrogen and oxygen atoms in total. The van der Waals surface area contributed by atoms with Crippen molar-refractivity contribution in [2.75, 3.05) is 5.75 Å². The molecular formula is C26H24N6O3S. The number of aryl methyl sites for hydroxylation is 1. The molecule has 36 heavy (non-hydrogen) atoms. The van der Waals surface area contributed by atoms with Gasteiger partial charge >= 0.3 is 0 Å². The number of aromatic nitrogens is 5. The van der Waals surface area contributed by atoms with E-state index in [0.717, 1.165) is 36.2 Å². The minimum absolute atomic E-state index is 0.00422. The van der Waals surface area contributed by atoms with Gasteiger partial charge in [0.1, 0.15) is 0 Å². The van der Waals surface area contributed by atoms with Crippen LogP contribution in [0, 0.1) is 0 Å². The first-order chi connectivity index (χ1) is 17.6. The summed E-state index contributed by atoms with van der Waals surface area (Å²) in [4.78, 5) is 48.0. The van der Waals surface area contributed by atoms with Crippen molar-refractivity contribution in [3.8, 4) is 0 Å². The first-order valence-electron chi connectivity index (χ1n) is 12.0. The summed E-state index contributed by atoms with van der Waals surface area (Å²) >= 11 is 1.53. The minimum atomic E-state index is -0.223. The van der Waals surface area contributed by atoms with Crippen LogP contribution in [0.4, 0.5) is 0 Å². The molecule has 1 unspecified atom stereocenters. The number of thioether (sulfide) groups is 1. The molecule has 1 N–H and O–H groups in total. The quantitative estimate of drug-likeness (QED) is 0.404. The smallest absolute Gasteiger partial charge is 0.275 e. The van der Waals surface area contributed by atoms with E-state index in [1.165, 1.54) is 16.4 Å². The highest BCUT2D eigenvalue weighted by Gasteiger charge is 2.31. The van der Waals surface area contributed by atoms with E-state index < -0.39 is 0 Å². The van der Waals surface area contributed by atoms with Crippen molar-refractivity contribution < 1.29 is 4.79 Å². The lowest BCUT2D eigenvalue weighted by Crippen LogP contribution is -2.33.